The summed E-state index contributed by atoms with van der Waals surface area (Å²) in [5, 5.41) is 7.03. The van der Waals surface area contributed by atoms with E-state index in [1.807, 2.05) is 6.07 Å². The van der Waals surface area contributed by atoms with Crippen LogP contribution in [0.4, 0.5) is 0 Å². The molecule has 0 bridgehead atoms. The van der Waals surface area contributed by atoms with Crippen molar-refractivity contribution in [2.24, 2.45) is 5.92 Å². The molecule has 0 spiro atoms. The van der Waals surface area contributed by atoms with Crippen molar-refractivity contribution in [2.75, 3.05) is 6.54 Å². The standard InChI is InChI=1S/C17H24N2S/c1-4-10-18-15(13(2)3)11-17-19-16(12-20-17)14-8-6-5-7-9-14/h5-9,12-13,15,18H,4,10-11H2,1-3H3. The van der Waals surface area contributed by atoms with Gasteiger partial charge in [-0.15, -0.1) is 11.3 Å². The average Bonchev–Trinajstić information content (AvgIpc) is 2.92. The molecule has 0 aliphatic carbocycles. The van der Waals surface area contributed by atoms with Gasteiger partial charge in [0.25, 0.3) is 0 Å². The molecule has 0 fully saturated rings. The van der Waals surface area contributed by atoms with Gasteiger partial charge in [-0.1, -0.05) is 51.1 Å². The molecule has 1 N–H and O–H groups in total. The van der Waals surface area contributed by atoms with E-state index in [2.05, 4.69) is 55.7 Å². The minimum absolute atomic E-state index is 0.518. The molecule has 3 heteroatoms. The number of hydrogen-bond acceptors (Lipinski definition) is 3. The zero-order valence-corrected chi connectivity index (χ0v) is 13.4. The molecule has 0 aliphatic heterocycles. The van der Waals surface area contributed by atoms with E-state index in [1.165, 1.54) is 17.0 Å². The lowest BCUT2D eigenvalue weighted by Gasteiger charge is -2.21. The fraction of sp³-hybridized carbons (Fsp3) is 0.471. The molecule has 1 aromatic carbocycles. The quantitative estimate of drug-likeness (QED) is 0.818. The van der Waals surface area contributed by atoms with Gasteiger partial charge in [-0.3, -0.25) is 0 Å². The predicted octanol–water partition coefficient (Wildman–Crippen LogP) is 4.38. The van der Waals surface area contributed by atoms with Crippen LogP contribution in [0.15, 0.2) is 35.7 Å². The van der Waals surface area contributed by atoms with Crippen LogP contribution in [0.2, 0.25) is 0 Å². The molecule has 20 heavy (non-hydrogen) atoms. The van der Waals surface area contributed by atoms with Crippen molar-refractivity contribution in [3.05, 3.63) is 40.7 Å². The lowest BCUT2D eigenvalue weighted by atomic mass is 10.0. The summed E-state index contributed by atoms with van der Waals surface area (Å²) in [7, 11) is 0. The topological polar surface area (TPSA) is 24.9 Å². The van der Waals surface area contributed by atoms with Gasteiger partial charge in [0.2, 0.25) is 0 Å². The summed E-state index contributed by atoms with van der Waals surface area (Å²) in [6.45, 7) is 7.85. The first-order chi connectivity index (χ1) is 9.70. The van der Waals surface area contributed by atoms with E-state index >= 15 is 0 Å². The smallest absolute Gasteiger partial charge is 0.0948 e. The summed E-state index contributed by atoms with van der Waals surface area (Å²) in [4.78, 5) is 4.79. The van der Waals surface area contributed by atoms with E-state index in [9.17, 15) is 0 Å². The summed E-state index contributed by atoms with van der Waals surface area (Å²) >= 11 is 1.77. The Kier molecular flexibility index (Phi) is 5.74. The predicted molar refractivity (Wildman–Crippen MR) is 88.2 cm³/mol. The maximum absolute atomic E-state index is 4.79. The molecule has 2 aromatic rings. The SMILES string of the molecule is CCCNC(Cc1nc(-c2ccccc2)cs1)C(C)C. The normalized spacial score (nSPS) is 12.8. The average molecular weight is 288 g/mol. The Hall–Kier alpha value is -1.19. The fourth-order valence-corrected chi connectivity index (χ4v) is 3.07. The molecule has 0 saturated carbocycles. The molecule has 1 aromatic heterocycles. The van der Waals surface area contributed by atoms with E-state index in [0.29, 0.717) is 12.0 Å². The highest BCUT2D eigenvalue weighted by molar-refractivity contribution is 7.09. The Bertz CT molecular complexity index is 505. The van der Waals surface area contributed by atoms with Gasteiger partial charge >= 0.3 is 0 Å². The van der Waals surface area contributed by atoms with Crippen LogP contribution in [0.3, 0.4) is 0 Å². The van der Waals surface area contributed by atoms with Crippen LogP contribution >= 0.6 is 11.3 Å². The highest BCUT2D eigenvalue weighted by Gasteiger charge is 2.15. The number of benzene rings is 1. The molecule has 0 aliphatic rings. The van der Waals surface area contributed by atoms with Crippen LogP contribution in [0.5, 0.6) is 0 Å². The van der Waals surface area contributed by atoms with E-state index in [4.69, 9.17) is 4.98 Å². The van der Waals surface area contributed by atoms with Crippen molar-refractivity contribution in [1.82, 2.24) is 10.3 Å². The van der Waals surface area contributed by atoms with E-state index in [1.54, 1.807) is 11.3 Å². The third kappa shape index (κ3) is 4.15. The Morgan fingerprint density at radius 1 is 1.20 bits per heavy atom. The lowest BCUT2D eigenvalue weighted by Crippen LogP contribution is -2.36. The molecule has 108 valence electrons. The molecule has 0 saturated heterocycles. The Labute approximate surface area is 126 Å². The van der Waals surface area contributed by atoms with Crippen LogP contribution in [0, 0.1) is 5.92 Å². The highest BCUT2D eigenvalue weighted by atomic mass is 32.1. The largest absolute Gasteiger partial charge is 0.313 e. The first-order valence-electron chi connectivity index (χ1n) is 7.44. The van der Waals surface area contributed by atoms with Gasteiger partial charge in [-0.25, -0.2) is 4.98 Å². The third-order valence-corrected chi connectivity index (χ3v) is 4.35. The van der Waals surface area contributed by atoms with Crippen molar-refractivity contribution in [2.45, 2.75) is 39.7 Å². The van der Waals surface area contributed by atoms with Crippen molar-refractivity contribution in [3.8, 4) is 11.3 Å². The molecule has 2 nitrogen and oxygen atoms in total. The van der Waals surface area contributed by atoms with Gasteiger partial charge in [0.15, 0.2) is 0 Å². The Balaban J connectivity index is 2.04. The van der Waals surface area contributed by atoms with Crippen molar-refractivity contribution in [3.63, 3.8) is 0 Å². The molecule has 1 heterocycles. The maximum atomic E-state index is 4.79. The van der Waals surface area contributed by atoms with Crippen LogP contribution in [-0.4, -0.2) is 17.6 Å². The molecular formula is C17H24N2S. The summed E-state index contributed by atoms with van der Waals surface area (Å²) < 4.78 is 0. The number of aromatic nitrogens is 1. The van der Waals surface area contributed by atoms with Crippen LogP contribution in [0.1, 0.15) is 32.2 Å². The van der Waals surface area contributed by atoms with Gasteiger partial charge in [0.05, 0.1) is 10.7 Å². The minimum atomic E-state index is 0.518. The van der Waals surface area contributed by atoms with E-state index < -0.39 is 0 Å². The van der Waals surface area contributed by atoms with Crippen molar-refractivity contribution >= 4 is 11.3 Å². The van der Waals surface area contributed by atoms with Gasteiger partial charge in [0, 0.05) is 23.4 Å². The Morgan fingerprint density at radius 2 is 1.95 bits per heavy atom. The van der Waals surface area contributed by atoms with E-state index in [-0.39, 0.29) is 0 Å². The fourth-order valence-electron chi connectivity index (χ4n) is 2.21. The molecule has 0 radical (unpaired) electrons. The first-order valence-corrected chi connectivity index (χ1v) is 8.32. The number of nitrogens with zero attached hydrogens (tertiary/aromatic N) is 1. The molecular weight excluding hydrogens is 264 g/mol. The van der Waals surface area contributed by atoms with Gasteiger partial charge in [-0.2, -0.15) is 0 Å². The number of rotatable bonds is 7. The summed E-state index contributed by atoms with van der Waals surface area (Å²) in [5.41, 5.74) is 2.31. The highest BCUT2D eigenvalue weighted by Crippen LogP contribution is 2.23. The van der Waals surface area contributed by atoms with Gasteiger partial charge in [0.1, 0.15) is 0 Å². The lowest BCUT2D eigenvalue weighted by molar-refractivity contribution is 0.397. The third-order valence-electron chi connectivity index (χ3n) is 3.48. The summed E-state index contributed by atoms with van der Waals surface area (Å²) in [6.07, 6.45) is 2.20. The van der Waals surface area contributed by atoms with Crippen molar-refractivity contribution < 1.29 is 0 Å². The second-order valence-corrected chi connectivity index (χ2v) is 6.44. The van der Waals surface area contributed by atoms with Gasteiger partial charge in [-0.05, 0) is 18.9 Å². The van der Waals surface area contributed by atoms with Crippen LogP contribution in [0.25, 0.3) is 11.3 Å². The van der Waals surface area contributed by atoms with Crippen LogP contribution in [-0.2, 0) is 6.42 Å². The number of nitrogens with one attached hydrogen (secondary N) is 1. The van der Waals surface area contributed by atoms with Crippen LogP contribution < -0.4 is 5.32 Å². The van der Waals surface area contributed by atoms with Gasteiger partial charge < -0.3 is 5.32 Å². The van der Waals surface area contributed by atoms with E-state index in [0.717, 1.165) is 18.7 Å². The summed E-state index contributed by atoms with van der Waals surface area (Å²) in [6, 6.07) is 10.9. The monoisotopic (exact) mass is 288 g/mol. The second-order valence-electron chi connectivity index (χ2n) is 5.50. The Morgan fingerprint density at radius 3 is 2.60 bits per heavy atom. The second kappa shape index (κ2) is 7.55. The minimum Gasteiger partial charge on any atom is -0.313 e. The maximum Gasteiger partial charge on any atom is 0.0948 e. The molecule has 2 rings (SSSR count). The van der Waals surface area contributed by atoms with Crippen molar-refractivity contribution in [1.29, 1.82) is 0 Å². The first kappa shape index (κ1) is 15.2. The molecule has 1 unspecified atom stereocenters. The molecule has 1 atom stereocenters. The zero-order valence-electron chi connectivity index (χ0n) is 12.6. The number of thiazole rings is 1. The number of hydrogen-bond donors (Lipinski definition) is 1. The summed E-state index contributed by atoms with van der Waals surface area (Å²) in [5.74, 6) is 0.630. The zero-order chi connectivity index (χ0) is 14.4. The molecule has 0 amide bonds.